The van der Waals surface area contributed by atoms with Gasteiger partial charge in [-0.25, -0.2) is 0 Å². The highest BCUT2D eigenvalue weighted by atomic mass is 16.3. The van der Waals surface area contributed by atoms with Gasteiger partial charge in [-0.3, -0.25) is 4.79 Å². The van der Waals surface area contributed by atoms with E-state index in [2.05, 4.69) is 5.32 Å². The van der Waals surface area contributed by atoms with E-state index in [1.54, 1.807) is 12.1 Å². The predicted octanol–water partition coefficient (Wildman–Crippen LogP) is 1.39. The average Bonchev–Trinajstić information content (AvgIpc) is 2.18. The first-order chi connectivity index (χ1) is 6.75. The van der Waals surface area contributed by atoms with Crippen LogP contribution in [0, 0.1) is 0 Å². The Morgan fingerprint density at radius 2 is 2.29 bits per heavy atom. The van der Waals surface area contributed by atoms with Gasteiger partial charge in [-0.15, -0.1) is 0 Å². The van der Waals surface area contributed by atoms with Crippen molar-refractivity contribution in [1.82, 2.24) is 5.32 Å². The molecule has 1 atom stereocenters. The number of rotatable bonds is 1. The smallest absolute Gasteiger partial charge is 0.220 e. The molecule has 1 aromatic rings. The van der Waals surface area contributed by atoms with Crippen molar-refractivity contribution >= 4 is 5.91 Å². The van der Waals surface area contributed by atoms with Crippen LogP contribution in [0.2, 0.25) is 0 Å². The molecule has 0 bridgehead atoms. The molecule has 2 rings (SSSR count). The number of phenolic OH excluding ortho intramolecular Hbond substituents is 1. The zero-order valence-corrected chi connectivity index (χ0v) is 7.86. The molecule has 1 saturated heterocycles. The van der Waals surface area contributed by atoms with Crippen LogP contribution in [-0.2, 0) is 4.79 Å². The highest BCUT2D eigenvalue weighted by Gasteiger charge is 2.20. The minimum absolute atomic E-state index is 0.101. The Balaban J connectivity index is 2.17. The van der Waals surface area contributed by atoms with Crippen LogP contribution in [-0.4, -0.2) is 17.6 Å². The monoisotopic (exact) mass is 191 g/mol. The Morgan fingerprint density at radius 1 is 1.43 bits per heavy atom. The number of phenols is 1. The molecule has 74 valence electrons. The minimum atomic E-state index is 0.101. The van der Waals surface area contributed by atoms with E-state index < -0.39 is 0 Å². The number of hydrogen-bond acceptors (Lipinski definition) is 2. The lowest BCUT2D eigenvalue weighted by atomic mass is 9.90. The second-order valence-corrected chi connectivity index (χ2v) is 3.63. The highest BCUT2D eigenvalue weighted by Crippen LogP contribution is 2.27. The second-order valence-electron chi connectivity index (χ2n) is 3.63. The SMILES string of the molecule is O=C1C[C@@H](c2cccc(O)c2)CCN1. The van der Waals surface area contributed by atoms with E-state index in [4.69, 9.17) is 0 Å². The summed E-state index contributed by atoms with van der Waals surface area (Å²) in [7, 11) is 0. The van der Waals surface area contributed by atoms with Crippen LogP contribution in [0.25, 0.3) is 0 Å². The number of amides is 1. The maximum Gasteiger partial charge on any atom is 0.220 e. The molecule has 3 heteroatoms. The Hall–Kier alpha value is -1.51. The van der Waals surface area contributed by atoms with Crippen LogP contribution in [0.5, 0.6) is 5.75 Å². The third-order valence-electron chi connectivity index (χ3n) is 2.59. The molecule has 0 spiro atoms. The fraction of sp³-hybridized carbons (Fsp3) is 0.364. The zero-order valence-electron chi connectivity index (χ0n) is 7.86. The van der Waals surface area contributed by atoms with Crippen molar-refractivity contribution in [3.05, 3.63) is 29.8 Å². The summed E-state index contributed by atoms with van der Waals surface area (Å²) in [5.41, 5.74) is 1.06. The summed E-state index contributed by atoms with van der Waals surface area (Å²) in [6.07, 6.45) is 1.48. The first-order valence-electron chi connectivity index (χ1n) is 4.81. The first kappa shape index (κ1) is 9.06. The van der Waals surface area contributed by atoms with Gasteiger partial charge in [0.15, 0.2) is 0 Å². The molecular weight excluding hydrogens is 178 g/mol. The lowest BCUT2D eigenvalue weighted by Crippen LogP contribution is -2.32. The topological polar surface area (TPSA) is 49.3 Å². The van der Waals surface area contributed by atoms with Crippen molar-refractivity contribution in [3.8, 4) is 5.75 Å². The van der Waals surface area contributed by atoms with Crippen LogP contribution in [0.3, 0.4) is 0 Å². The number of carbonyl (C=O) groups is 1. The molecule has 0 saturated carbocycles. The van der Waals surface area contributed by atoms with E-state index in [1.807, 2.05) is 12.1 Å². The van der Waals surface area contributed by atoms with Gasteiger partial charge in [0, 0.05) is 13.0 Å². The molecular formula is C11H13NO2. The molecule has 3 nitrogen and oxygen atoms in total. The minimum Gasteiger partial charge on any atom is -0.508 e. The largest absolute Gasteiger partial charge is 0.508 e. The lowest BCUT2D eigenvalue weighted by molar-refractivity contribution is -0.122. The van der Waals surface area contributed by atoms with Crippen LogP contribution >= 0.6 is 0 Å². The van der Waals surface area contributed by atoms with Gasteiger partial charge in [-0.05, 0) is 30.0 Å². The molecule has 1 aliphatic heterocycles. The molecule has 0 radical (unpaired) electrons. The van der Waals surface area contributed by atoms with E-state index in [0.29, 0.717) is 6.42 Å². The molecule has 0 unspecified atom stereocenters. The Labute approximate surface area is 82.8 Å². The first-order valence-corrected chi connectivity index (χ1v) is 4.81. The maximum atomic E-state index is 11.2. The molecule has 1 amide bonds. The molecule has 1 heterocycles. The van der Waals surface area contributed by atoms with Crippen molar-refractivity contribution in [2.45, 2.75) is 18.8 Å². The normalized spacial score (nSPS) is 21.7. The van der Waals surface area contributed by atoms with E-state index in [1.165, 1.54) is 0 Å². The molecule has 14 heavy (non-hydrogen) atoms. The van der Waals surface area contributed by atoms with Crippen molar-refractivity contribution in [2.75, 3.05) is 6.54 Å². The predicted molar refractivity (Wildman–Crippen MR) is 53.1 cm³/mol. The summed E-state index contributed by atoms with van der Waals surface area (Å²) in [6, 6.07) is 7.16. The van der Waals surface area contributed by atoms with Crippen LogP contribution < -0.4 is 5.32 Å². The second kappa shape index (κ2) is 3.70. The van der Waals surface area contributed by atoms with Gasteiger partial charge in [-0.2, -0.15) is 0 Å². The molecule has 2 N–H and O–H groups in total. The van der Waals surface area contributed by atoms with Crippen LogP contribution in [0.4, 0.5) is 0 Å². The average molecular weight is 191 g/mol. The van der Waals surface area contributed by atoms with Gasteiger partial charge < -0.3 is 10.4 Å². The number of aromatic hydroxyl groups is 1. The standard InChI is InChI=1S/C11H13NO2/c13-10-3-1-2-8(6-10)9-4-5-12-11(14)7-9/h1-3,6,9,13H,4-5,7H2,(H,12,14)/t9-/m0/s1. The van der Waals surface area contributed by atoms with Crippen LogP contribution in [0.1, 0.15) is 24.3 Å². The number of piperidine rings is 1. The summed E-state index contributed by atoms with van der Waals surface area (Å²) in [6.45, 7) is 0.735. The van der Waals surface area contributed by atoms with E-state index in [9.17, 15) is 9.90 Å². The number of carbonyl (C=O) groups excluding carboxylic acids is 1. The maximum absolute atomic E-state index is 11.2. The van der Waals surface area contributed by atoms with Crippen molar-refractivity contribution in [1.29, 1.82) is 0 Å². The number of benzene rings is 1. The molecule has 1 aliphatic rings. The van der Waals surface area contributed by atoms with Crippen molar-refractivity contribution in [3.63, 3.8) is 0 Å². The van der Waals surface area contributed by atoms with Gasteiger partial charge in [0.1, 0.15) is 5.75 Å². The summed E-state index contributed by atoms with van der Waals surface area (Å²) >= 11 is 0. The third-order valence-corrected chi connectivity index (χ3v) is 2.59. The quantitative estimate of drug-likeness (QED) is 0.704. The third kappa shape index (κ3) is 1.87. The summed E-state index contributed by atoms with van der Waals surface area (Å²) < 4.78 is 0. The lowest BCUT2D eigenvalue weighted by Gasteiger charge is -2.22. The van der Waals surface area contributed by atoms with Crippen molar-refractivity contribution < 1.29 is 9.90 Å². The summed E-state index contributed by atoms with van der Waals surface area (Å²) in [4.78, 5) is 11.2. The van der Waals surface area contributed by atoms with Gasteiger partial charge in [0.2, 0.25) is 5.91 Å². The molecule has 1 aromatic carbocycles. The fourth-order valence-corrected chi connectivity index (χ4v) is 1.85. The summed E-state index contributed by atoms with van der Waals surface area (Å²) in [5.74, 6) is 0.633. The van der Waals surface area contributed by atoms with Crippen molar-refractivity contribution in [2.24, 2.45) is 0 Å². The number of nitrogens with one attached hydrogen (secondary N) is 1. The Bertz CT molecular complexity index is 349. The zero-order chi connectivity index (χ0) is 9.97. The molecule has 1 fully saturated rings. The van der Waals surface area contributed by atoms with E-state index in [-0.39, 0.29) is 17.6 Å². The fourth-order valence-electron chi connectivity index (χ4n) is 1.85. The van der Waals surface area contributed by atoms with E-state index >= 15 is 0 Å². The molecule has 0 aromatic heterocycles. The Kier molecular flexibility index (Phi) is 2.39. The van der Waals surface area contributed by atoms with Gasteiger partial charge in [0.05, 0.1) is 0 Å². The number of hydrogen-bond donors (Lipinski definition) is 2. The van der Waals surface area contributed by atoms with Gasteiger partial charge >= 0.3 is 0 Å². The molecule has 0 aliphatic carbocycles. The van der Waals surface area contributed by atoms with Gasteiger partial charge in [-0.1, -0.05) is 12.1 Å². The van der Waals surface area contributed by atoms with E-state index in [0.717, 1.165) is 18.5 Å². The van der Waals surface area contributed by atoms with Crippen LogP contribution in [0.15, 0.2) is 24.3 Å². The Morgan fingerprint density at radius 3 is 3.00 bits per heavy atom. The van der Waals surface area contributed by atoms with Gasteiger partial charge in [0.25, 0.3) is 0 Å². The highest BCUT2D eigenvalue weighted by molar-refractivity contribution is 5.77. The summed E-state index contributed by atoms with van der Waals surface area (Å²) in [5, 5.41) is 12.1.